The number of likely N-dealkylation sites (tertiary alicyclic amines) is 2. The molecule has 2 amide bonds. The molecule has 7 aliphatic rings. The molecular weight excluding hydrogens is 388 g/mol. The van der Waals surface area contributed by atoms with Gasteiger partial charge in [0.1, 0.15) is 6.04 Å². The largest absolute Gasteiger partial charge is 0.343 e. The Morgan fingerprint density at radius 1 is 1.00 bits per heavy atom. The van der Waals surface area contributed by atoms with E-state index in [1.54, 1.807) is 4.90 Å². The summed E-state index contributed by atoms with van der Waals surface area (Å²) in [5.41, 5.74) is 6.71. The third-order valence-corrected chi connectivity index (χ3v) is 9.88. The molecule has 0 unspecified atom stereocenters. The van der Waals surface area contributed by atoms with Gasteiger partial charge in [-0.05, 0) is 99.2 Å². The molecule has 7 rings (SSSR count). The highest BCUT2D eigenvalue weighted by Crippen LogP contribution is 2.61. The van der Waals surface area contributed by atoms with Crippen LogP contribution in [0.5, 0.6) is 0 Å². The quantitative estimate of drug-likeness (QED) is 0.751. The molecule has 2 N–H and O–H groups in total. The summed E-state index contributed by atoms with van der Waals surface area (Å²) in [7, 11) is 0. The monoisotopic (exact) mass is 424 g/mol. The lowest BCUT2D eigenvalue weighted by Gasteiger charge is -2.57. The van der Waals surface area contributed by atoms with Gasteiger partial charge in [0.15, 0.2) is 0 Å². The van der Waals surface area contributed by atoms with Gasteiger partial charge < -0.3 is 15.5 Å². The first kappa shape index (κ1) is 20.0. The Balaban J connectivity index is 1.04. The normalized spacial score (nSPS) is 44.1. The highest BCUT2D eigenvalue weighted by Gasteiger charge is 2.55. The molecular formula is C25H36N4O2. The van der Waals surface area contributed by atoms with Crippen LogP contribution in [-0.2, 0) is 9.59 Å². The van der Waals surface area contributed by atoms with Crippen LogP contribution in [-0.4, -0.2) is 52.8 Å². The number of nitrogens with two attached hydrogens (primary N) is 1. The van der Waals surface area contributed by atoms with Crippen molar-refractivity contribution in [3.05, 3.63) is 0 Å². The second kappa shape index (κ2) is 7.20. The van der Waals surface area contributed by atoms with Gasteiger partial charge in [0.25, 0.3) is 0 Å². The van der Waals surface area contributed by atoms with E-state index in [0.29, 0.717) is 11.8 Å². The first-order valence-electron chi connectivity index (χ1n) is 12.7. The standard InChI is InChI=1S/C25H36N4O2/c26-14-20-8-19-9-21(19)29(20)24(31)23(27)18-1-3-28(4-2-18)22(30)13-25-10-15-5-16(11-25)7-17(6-15)12-25/h15-21,23H,1-13,27H2/t15?,16?,17?,19-,20+,21+,23+,25?/m1/s1. The molecule has 5 aliphatic carbocycles. The van der Waals surface area contributed by atoms with Gasteiger partial charge in [0.05, 0.1) is 12.1 Å². The molecule has 5 saturated carbocycles. The van der Waals surface area contributed by atoms with Crippen LogP contribution in [0, 0.1) is 46.3 Å². The van der Waals surface area contributed by atoms with E-state index in [4.69, 9.17) is 5.73 Å². The molecule has 4 bridgehead atoms. The average molecular weight is 425 g/mol. The number of hydrogen-bond acceptors (Lipinski definition) is 4. The van der Waals surface area contributed by atoms with E-state index in [1.807, 2.05) is 0 Å². The Kier molecular flexibility index (Phi) is 4.65. The lowest BCUT2D eigenvalue weighted by molar-refractivity contribution is -0.141. The van der Waals surface area contributed by atoms with Crippen molar-refractivity contribution < 1.29 is 9.59 Å². The number of piperidine rings is 2. The zero-order valence-corrected chi connectivity index (χ0v) is 18.5. The van der Waals surface area contributed by atoms with Gasteiger partial charge in [-0.2, -0.15) is 5.26 Å². The Morgan fingerprint density at radius 2 is 1.61 bits per heavy atom. The number of nitrogens with zero attached hydrogens (tertiary/aromatic N) is 3. The van der Waals surface area contributed by atoms with Crippen LogP contribution >= 0.6 is 0 Å². The molecule has 0 aromatic rings. The van der Waals surface area contributed by atoms with Gasteiger partial charge in [-0.1, -0.05) is 0 Å². The van der Waals surface area contributed by atoms with Crippen molar-refractivity contribution in [1.29, 1.82) is 5.26 Å². The predicted octanol–water partition coefficient (Wildman–Crippen LogP) is 2.67. The van der Waals surface area contributed by atoms with Crippen LogP contribution in [0.4, 0.5) is 0 Å². The molecule has 6 nitrogen and oxygen atoms in total. The summed E-state index contributed by atoms with van der Waals surface area (Å²) >= 11 is 0. The summed E-state index contributed by atoms with van der Waals surface area (Å²) in [5.74, 6) is 3.58. The Bertz CT molecular complexity index is 776. The van der Waals surface area contributed by atoms with E-state index in [9.17, 15) is 14.9 Å². The summed E-state index contributed by atoms with van der Waals surface area (Å²) < 4.78 is 0. The minimum atomic E-state index is -0.532. The van der Waals surface area contributed by atoms with Crippen LogP contribution in [0.1, 0.15) is 70.6 Å². The minimum Gasteiger partial charge on any atom is -0.343 e. The first-order valence-corrected chi connectivity index (χ1v) is 12.7. The molecule has 0 aromatic heterocycles. The van der Waals surface area contributed by atoms with Crippen LogP contribution < -0.4 is 5.73 Å². The highest BCUT2D eigenvalue weighted by atomic mass is 16.2. The molecule has 0 radical (unpaired) electrons. The first-order chi connectivity index (χ1) is 14.9. The minimum absolute atomic E-state index is 0.0325. The molecule has 2 saturated heterocycles. The van der Waals surface area contributed by atoms with Crippen molar-refractivity contribution in [2.45, 2.75) is 88.8 Å². The summed E-state index contributed by atoms with van der Waals surface area (Å²) in [5, 5.41) is 9.40. The lowest BCUT2D eigenvalue weighted by atomic mass is 9.49. The summed E-state index contributed by atoms with van der Waals surface area (Å²) in [6, 6.07) is 1.73. The number of nitriles is 1. The van der Waals surface area contributed by atoms with Crippen molar-refractivity contribution in [2.24, 2.45) is 40.7 Å². The van der Waals surface area contributed by atoms with E-state index in [0.717, 1.165) is 62.9 Å². The second-order valence-corrected chi connectivity index (χ2v) is 12.0. The van der Waals surface area contributed by atoms with Crippen molar-refractivity contribution >= 4 is 11.8 Å². The van der Waals surface area contributed by atoms with Crippen LogP contribution in [0.15, 0.2) is 0 Å². The summed E-state index contributed by atoms with van der Waals surface area (Å²) in [6.45, 7) is 1.45. The third kappa shape index (κ3) is 3.39. The maximum Gasteiger partial charge on any atom is 0.241 e. The van der Waals surface area contributed by atoms with E-state index in [1.165, 1.54) is 38.5 Å². The molecule has 0 aromatic carbocycles. The number of rotatable bonds is 4. The van der Waals surface area contributed by atoms with Gasteiger partial charge >= 0.3 is 0 Å². The molecule has 7 fully saturated rings. The third-order valence-electron chi connectivity index (χ3n) is 9.88. The Morgan fingerprint density at radius 3 is 2.19 bits per heavy atom. The van der Waals surface area contributed by atoms with E-state index < -0.39 is 6.04 Å². The van der Waals surface area contributed by atoms with Gasteiger partial charge in [-0.3, -0.25) is 9.59 Å². The highest BCUT2D eigenvalue weighted by molar-refractivity contribution is 5.84. The van der Waals surface area contributed by atoms with Crippen molar-refractivity contribution in [3.8, 4) is 6.07 Å². The summed E-state index contributed by atoms with van der Waals surface area (Å²) in [4.78, 5) is 30.1. The Hall–Kier alpha value is -1.61. The summed E-state index contributed by atoms with van der Waals surface area (Å²) in [6.07, 6.45) is 12.3. The fourth-order valence-corrected chi connectivity index (χ4v) is 8.71. The number of carbonyl (C=O) groups is 2. The van der Waals surface area contributed by atoms with Crippen molar-refractivity contribution in [3.63, 3.8) is 0 Å². The van der Waals surface area contributed by atoms with Gasteiger partial charge in [0, 0.05) is 25.6 Å². The average Bonchev–Trinajstić information content (AvgIpc) is 3.41. The molecule has 2 heterocycles. The smallest absolute Gasteiger partial charge is 0.241 e. The van der Waals surface area contributed by atoms with Crippen LogP contribution in [0.3, 0.4) is 0 Å². The fraction of sp³-hybridized carbons (Fsp3) is 0.880. The van der Waals surface area contributed by atoms with Crippen LogP contribution in [0.25, 0.3) is 0 Å². The molecule has 4 atom stereocenters. The molecule has 2 aliphatic heterocycles. The number of carbonyl (C=O) groups excluding carboxylic acids is 2. The number of hydrogen-bond donors (Lipinski definition) is 1. The molecule has 0 spiro atoms. The second-order valence-electron chi connectivity index (χ2n) is 12.0. The van der Waals surface area contributed by atoms with Gasteiger partial charge in [-0.25, -0.2) is 0 Å². The van der Waals surface area contributed by atoms with Gasteiger partial charge in [-0.15, -0.1) is 0 Å². The van der Waals surface area contributed by atoms with Crippen molar-refractivity contribution in [1.82, 2.24) is 9.80 Å². The fourth-order valence-electron chi connectivity index (χ4n) is 8.71. The SMILES string of the molecule is N#C[C@@H]1C[C@@H]2C[C@@H]2N1C(=O)[C@@H](N)C1CCN(C(=O)CC23CC4CC(CC(C4)C2)C3)CC1. The van der Waals surface area contributed by atoms with E-state index in [-0.39, 0.29) is 29.3 Å². The molecule has 168 valence electrons. The number of fused-ring (bicyclic) bond motifs is 1. The zero-order chi connectivity index (χ0) is 21.3. The molecule has 6 heteroatoms. The topological polar surface area (TPSA) is 90.4 Å². The Labute approximate surface area is 185 Å². The van der Waals surface area contributed by atoms with Crippen molar-refractivity contribution in [2.75, 3.05) is 13.1 Å². The lowest BCUT2D eigenvalue weighted by Crippen LogP contribution is -2.53. The van der Waals surface area contributed by atoms with Crippen LogP contribution in [0.2, 0.25) is 0 Å². The molecule has 31 heavy (non-hydrogen) atoms. The maximum absolute atomic E-state index is 13.2. The van der Waals surface area contributed by atoms with E-state index in [2.05, 4.69) is 11.0 Å². The number of amides is 2. The van der Waals surface area contributed by atoms with E-state index >= 15 is 0 Å². The van der Waals surface area contributed by atoms with Gasteiger partial charge in [0.2, 0.25) is 11.8 Å². The predicted molar refractivity (Wildman–Crippen MR) is 115 cm³/mol. The maximum atomic E-state index is 13.2. The zero-order valence-electron chi connectivity index (χ0n) is 18.5.